The van der Waals surface area contributed by atoms with E-state index in [4.69, 9.17) is 4.74 Å². The molecule has 0 spiro atoms. The molecule has 0 radical (unpaired) electrons. The molecule has 0 atom stereocenters. The van der Waals surface area contributed by atoms with E-state index in [0.29, 0.717) is 5.56 Å². The topological polar surface area (TPSA) is 54.8 Å². The predicted molar refractivity (Wildman–Crippen MR) is 94.3 cm³/mol. The first-order valence-corrected chi connectivity index (χ1v) is 10.8. The number of pyridine rings is 1. The Hall–Kier alpha value is -2.47. The van der Waals surface area contributed by atoms with Crippen molar-refractivity contribution in [3.63, 3.8) is 0 Å². The van der Waals surface area contributed by atoms with Crippen LogP contribution in [0.1, 0.15) is 15.9 Å². The van der Waals surface area contributed by atoms with Gasteiger partial charge >= 0.3 is 0 Å². The van der Waals surface area contributed by atoms with Crippen LogP contribution in [0.5, 0.6) is 5.75 Å². The van der Waals surface area contributed by atoms with Crippen LogP contribution in [-0.4, -0.2) is 37.1 Å². The number of methoxy groups -OCH3 is 1. The fourth-order valence-electron chi connectivity index (χ4n) is 1.96. The first-order valence-electron chi connectivity index (χ1n) is 7.34. The lowest BCUT2D eigenvalue weighted by atomic mass is 10.2. The molecule has 2 rings (SSSR count). The molecule has 1 heterocycles. The summed E-state index contributed by atoms with van der Waals surface area (Å²) in [6, 6.07) is 10.8. The highest BCUT2D eigenvalue weighted by Gasteiger charge is 2.29. The Balaban J connectivity index is 2.27. The molecule has 1 amide bonds. The number of carbonyl (C=O) groups excluding carboxylic acids is 1. The Kier molecular flexibility index (Phi) is 5.28. The van der Waals surface area contributed by atoms with Gasteiger partial charge in [-0.1, -0.05) is 6.07 Å². The molecule has 0 aliphatic heterocycles. The van der Waals surface area contributed by atoms with Crippen LogP contribution >= 0.6 is 0 Å². The van der Waals surface area contributed by atoms with E-state index in [2.05, 4.69) is 29.7 Å². The molecule has 6 heteroatoms. The molecule has 1 aromatic heterocycles. The number of nitrogens with zero attached hydrogens (tertiary/aromatic N) is 3. The van der Waals surface area contributed by atoms with E-state index in [9.17, 15) is 4.79 Å². The maximum Gasteiger partial charge on any atom is 0.265 e. The third-order valence-electron chi connectivity index (χ3n) is 3.17. The fraction of sp³-hybridized carbons (Fsp3) is 0.235. The maximum absolute atomic E-state index is 12.8. The number of carbonyl (C=O) groups is 1. The molecular formula is C17H21N3O2Si. The minimum absolute atomic E-state index is 0.105. The average molecular weight is 327 g/mol. The van der Waals surface area contributed by atoms with Crippen molar-refractivity contribution in [3.8, 4) is 5.75 Å². The highest BCUT2D eigenvalue weighted by Crippen LogP contribution is 2.18. The number of hydrogen-bond donors (Lipinski definition) is 0. The quantitative estimate of drug-likeness (QED) is 0.480. The largest absolute Gasteiger partial charge is 0.497 e. The molecule has 120 valence electrons. The zero-order chi connectivity index (χ0) is 16.9. The Morgan fingerprint density at radius 2 is 1.91 bits per heavy atom. The molecule has 23 heavy (non-hydrogen) atoms. The van der Waals surface area contributed by atoms with Crippen molar-refractivity contribution in [2.45, 2.75) is 19.6 Å². The molecule has 0 aliphatic rings. The number of ether oxygens (including phenoxy) is 1. The van der Waals surface area contributed by atoms with Gasteiger partial charge in [-0.25, -0.2) is 0 Å². The predicted octanol–water partition coefficient (Wildman–Crippen LogP) is 3.40. The lowest BCUT2D eigenvalue weighted by Gasteiger charge is -2.29. The number of aromatic nitrogens is 1. The summed E-state index contributed by atoms with van der Waals surface area (Å²) in [4.78, 5) is 16.9. The molecule has 0 saturated carbocycles. The molecule has 0 N–H and O–H groups in total. The highest BCUT2D eigenvalue weighted by atomic mass is 28.3. The zero-order valence-electron chi connectivity index (χ0n) is 13.9. The Morgan fingerprint density at radius 1 is 1.22 bits per heavy atom. The van der Waals surface area contributed by atoms with Crippen LogP contribution in [-0.2, 0) is 0 Å². The van der Waals surface area contributed by atoms with Gasteiger partial charge in [0, 0.05) is 23.5 Å². The minimum atomic E-state index is -1.97. The lowest BCUT2D eigenvalue weighted by molar-refractivity contribution is 0.0854. The number of rotatable bonds is 5. The first-order chi connectivity index (χ1) is 10.9. The molecule has 1 aromatic carbocycles. The van der Waals surface area contributed by atoms with E-state index in [0.717, 1.165) is 11.3 Å². The SMILES string of the molecule is COc1ccc(C(=O)N(/N=C/c2cccnc2)[Si](C)(C)C)cc1. The molecule has 0 saturated heterocycles. The summed E-state index contributed by atoms with van der Waals surface area (Å²) in [6.07, 6.45) is 5.09. The summed E-state index contributed by atoms with van der Waals surface area (Å²) in [6.45, 7) is 6.24. The van der Waals surface area contributed by atoms with Gasteiger partial charge in [-0.15, -0.1) is 0 Å². The number of amides is 1. The molecular weight excluding hydrogens is 306 g/mol. The van der Waals surface area contributed by atoms with Crippen molar-refractivity contribution in [2.75, 3.05) is 7.11 Å². The molecule has 0 bridgehead atoms. The Labute approximate surface area is 137 Å². The first kappa shape index (κ1) is 16.9. The summed E-state index contributed by atoms with van der Waals surface area (Å²) in [5, 5.41) is 4.43. The molecule has 0 unspecified atom stereocenters. The van der Waals surface area contributed by atoms with Gasteiger partial charge in [0.2, 0.25) is 0 Å². The third-order valence-corrected chi connectivity index (χ3v) is 4.76. The summed E-state index contributed by atoms with van der Waals surface area (Å²) in [5.41, 5.74) is 1.45. The average Bonchev–Trinajstić information content (AvgIpc) is 2.54. The Bertz CT molecular complexity index is 679. The lowest BCUT2D eigenvalue weighted by Crippen LogP contribution is -2.46. The van der Waals surface area contributed by atoms with Crippen LogP contribution < -0.4 is 4.74 Å². The van der Waals surface area contributed by atoms with Gasteiger partial charge in [0.25, 0.3) is 5.91 Å². The monoisotopic (exact) mass is 327 g/mol. The van der Waals surface area contributed by atoms with Gasteiger partial charge in [-0.05, 0) is 50.0 Å². The van der Waals surface area contributed by atoms with Crippen molar-refractivity contribution in [2.24, 2.45) is 5.10 Å². The van der Waals surface area contributed by atoms with Crippen molar-refractivity contribution in [1.29, 1.82) is 0 Å². The van der Waals surface area contributed by atoms with Crippen molar-refractivity contribution >= 4 is 20.4 Å². The second-order valence-corrected chi connectivity index (χ2v) is 10.8. The van der Waals surface area contributed by atoms with E-state index >= 15 is 0 Å². The summed E-state index contributed by atoms with van der Waals surface area (Å²) in [7, 11) is -0.373. The van der Waals surface area contributed by atoms with E-state index in [1.54, 1.807) is 54.7 Å². The van der Waals surface area contributed by atoms with Gasteiger partial charge < -0.3 is 4.74 Å². The van der Waals surface area contributed by atoms with Crippen LogP contribution in [0.2, 0.25) is 19.6 Å². The van der Waals surface area contributed by atoms with Crippen LogP contribution in [0.15, 0.2) is 53.9 Å². The van der Waals surface area contributed by atoms with Crippen LogP contribution in [0, 0.1) is 0 Å². The van der Waals surface area contributed by atoms with Gasteiger partial charge in [0.1, 0.15) is 5.75 Å². The van der Waals surface area contributed by atoms with Crippen molar-refractivity contribution < 1.29 is 9.53 Å². The fourth-order valence-corrected chi connectivity index (χ4v) is 3.11. The summed E-state index contributed by atoms with van der Waals surface area (Å²) in [5.74, 6) is 0.618. The van der Waals surface area contributed by atoms with Crippen LogP contribution in [0.4, 0.5) is 0 Å². The standard InChI is InChI=1S/C17H21N3O2Si/c1-22-16-9-7-15(8-10-16)17(21)20(23(2,3)4)19-13-14-6-5-11-18-12-14/h5-13H,1-4H3/b19-13+. The van der Waals surface area contributed by atoms with E-state index in [1.165, 1.54) is 0 Å². The van der Waals surface area contributed by atoms with Crippen molar-refractivity contribution in [1.82, 2.24) is 9.66 Å². The van der Waals surface area contributed by atoms with Crippen LogP contribution in [0.3, 0.4) is 0 Å². The molecule has 2 aromatic rings. The minimum Gasteiger partial charge on any atom is -0.497 e. The van der Waals surface area contributed by atoms with Gasteiger partial charge in [-0.3, -0.25) is 14.5 Å². The number of benzene rings is 1. The Morgan fingerprint density at radius 3 is 2.43 bits per heavy atom. The van der Waals surface area contributed by atoms with Gasteiger partial charge in [0.05, 0.1) is 13.3 Å². The van der Waals surface area contributed by atoms with Gasteiger partial charge in [0.15, 0.2) is 8.24 Å². The highest BCUT2D eigenvalue weighted by molar-refractivity contribution is 6.75. The molecule has 5 nitrogen and oxygen atoms in total. The van der Waals surface area contributed by atoms with E-state index < -0.39 is 8.24 Å². The third kappa shape index (κ3) is 4.50. The second kappa shape index (κ2) is 7.19. The second-order valence-electron chi connectivity index (χ2n) is 6.05. The van der Waals surface area contributed by atoms with Crippen LogP contribution in [0.25, 0.3) is 0 Å². The molecule has 0 aliphatic carbocycles. The van der Waals surface area contributed by atoms with E-state index in [1.807, 2.05) is 12.1 Å². The smallest absolute Gasteiger partial charge is 0.265 e. The number of hydrogen-bond acceptors (Lipinski definition) is 4. The van der Waals surface area contributed by atoms with Crippen molar-refractivity contribution in [3.05, 3.63) is 59.9 Å². The normalized spacial score (nSPS) is 11.5. The maximum atomic E-state index is 12.8. The summed E-state index contributed by atoms with van der Waals surface area (Å²) < 4.78 is 6.74. The van der Waals surface area contributed by atoms with E-state index in [-0.39, 0.29) is 5.91 Å². The summed E-state index contributed by atoms with van der Waals surface area (Å²) >= 11 is 0. The molecule has 0 fully saturated rings. The number of hydrazone groups is 1. The van der Waals surface area contributed by atoms with Gasteiger partial charge in [-0.2, -0.15) is 5.10 Å². The zero-order valence-corrected chi connectivity index (χ0v) is 14.9.